The number of ether oxygens (including phenoxy) is 2. The Kier molecular flexibility index (Phi) is 16.4. The number of pyridine rings is 1. The highest BCUT2D eigenvalue weighted by Gasteiger charge is 2.42. The maximum absolute atomic E-state index is 14.7. The van der Waals surface area contributed by atoms with Crippen molar-refractivity contribution in [3.63, 3.8) is 0 Å². The molecule has 0 saturated heterocycles. The number of carbonyl (C=O) groups excluding carboxylic acids is 4. The van der Waals surface area contributed by atoms with Crippen LogP contribution in [-0.2, 0) is 63.3 Å². The van der Waals surface area contributed by atoms with Gasteiger partial charge in [-0.1, -0.05) is 91.0 Å². The van der Waals surface area contributed by atoms with E-state index in [4.69, 9.17) is 18.5 Å². The summed E-state index contributed by atoms with van der Waals surface area (Å²) in [6.45, 7) is 2.99. The number of nitrogens with one attached hydrogen (secondary N) is 3. The molecule has 0 aliphatic carbocycles. The molecule has 54 heavy (non-hydrogen) atoms. The third-order valence-corrected chi connectivity index (χ3v) is 10.4. The lowest BCUT2D eigenvalue weighted by molar-refractivity contribution is -0.152. The molecule has 13 nitrogen and oxygen atoms in total. The second-order valence-corrected chi connectivity index (χ2v) is 14.8. The van der Waals surface area contributed by atoms with E-state index in [9.17, 15) is 23.7 Å². The number of rotatable bonds is 20. The van der Waals surface area contributed by atoms with Gasteiger partial charge in [0.15, 0.2) is 6.10 Å². The molecule has 3 N–H and O–H groups in total. The van der Waals surface area contributed by atoms with Gasteiger partial charge < -0.3 is 29.9 Å². The first-order chi connectivity index (χ1) is 26.1. The van der Waals surface area contributed by atoms with Crippen molar-refractivity contribution < 1.29 is 42.3 Å². The fraction of sp³-hybridized carbons (Fsp3) is 0.325. The first kappa shape index (κ1) is 41.4. The number of carbonyl (C=O) groups is 4. The first-order valence-corrected chi connectivity index (χ1v) is 19.2. The van der Waals surface area contributed by atoms with Crippen LogP contribution in [0.2, 0.25) is 0 Å². The minimum Gasteiger partial charge on any atom is -0.464 e. The lowest BCUT2D eigenvalue weighted by Crippen LogP contribution is -2.53. The van der Waals surface area contributed by atoms with E-state index in [2.05, 4.69) is 20.9 Å². The summed E-state index contributed by atoms with van der Waals surface area (Å²) in [6.07, 6.45) is 2.45. The van der Waals surface area contributed by atoms with Crippen molar-refractivity contribution in [3.8, 4) is 0 Å². The van der Waals surface area contributed by atoms with Crippen LogP contribution in [0.4, 0.5) is 4.79 Å². The predicted molar refractivity (Wildman–Crippen MR) is 202 cm³/mol. The number of alkyl carbamates (subject to hydrolysis) is 1. The van der Waals surface area contributed by atoms with Gasteiger partial charge in [0, 0.05) is 32.3 Å². The monoisotopic (exact) mass is 758 g/mol. The smallest absolute Gasteiger partial charge is 0.408 e. The summed E-state index contributed by atoms with van der Waals surface area (Å²) in [5.41, 5.74) is 3.24. The average molecular weight is 759 g/mol. The molecule has 0 radical (unpaired) electrons. The van der Waals surface area contributed by atoms with Crippen LogP contribution in [0.1, 0.15) is 42.5 Å². The van der Waals surface area contributed by atoms with Gasteiger partial charge in [0.1, 0.15) is 24.5 Å². The lowest BCUT2D eigenvalue weighted by Gasteiger charge is -2.30. The molecular formula is C40H47N4O9P. The van der Waals surface area contributed by atoms with Crippen LogP contribution in [0.3, 0.4) is 0 Å². The Balaban J connectivity index is 1.44. The Morgan fingerprint density at radius 2 is 1.20 bits per heavy atom. The Morgan fingerprint density at radius 1 is 0.667 bits per heavy atom. The van der Waals surface area contributed by atoms with Crippen LogP contribution in [0.5, 0.6) is 0 Å². The fourth-order valence-electron chi connectivity index (χ4n) is 5.28. The van der Waals surface area contributed by atoms with Crippen molar-refractivity contribution in [1.82, 2.24) is 20.9 Å². The number of aryl methyl sites for hydroxylation is 1. The summed E-state index contributed by atoms with van der Waals surface area (Å²) in [6, 6.07) is 28.6. The first-order valence-electron chi connectivity index (χ1n) is 17.6. The van der Waals surface area contributed by atoms with Crippen LogP contribution in [0, 0.1) is 0 Å². The number of aromatic nitrogens is 1. The predicted octanol–water partition coefficient (Wildman–Crippen LogP) is 5.53. The highest BCUT2D eigenvalue weighted by atomic mass is 31.2. The van der Waals surface area contributed by atoms with E-state index in [0.29, 0.717) is 18.4 Å². The van der Waals surface area contributed by atoms with Crippen molar-refractivity contribution in [2.45, 2.75) is 70.1 Å². The standard InChI is InChI=1S/C40H47N4O9P/c1-29(42-37(45)30(2)43-40(48)52-28-34-18-11-6-12-19-34)38(46)44-36(27-33-16-9-5-10-17-33)54(49,50-3)53-35(26-32-14-7-4-8-15-32)39(47)51-25-13-20-31-21-23-41-24-22-31/h4-12,14-19,21-24,29-30,35-36H,13,20,25-28H2,1-3H3,(H,42,45)(H,43,48)(H,44,46)/t29-,30-,35-,36+,54?/m0/s1. The number of hydrogen-bond acceptors (Lipinski definition) is 10. The molecular weight excluding hydrogens is 711 g/mol. The van der Waals surface area contributed by atoms with Crippen molar-refractivity contribution in [2.24, 2.45) is 0 Å². The number of benzene rings is 3. The fourth-order valence-corrected chi connectivity index (χ4v) is 7.01. The highest BCUT2D eigenvalue weighted by Crippen LogP contribution is 2.54. The van der Waals surface area contributed by atoms with E-state index in [1.165, 1.54) is 21.0 Å². The van der Waals surface area contributed by atoms with Gasteiger partial charge in [-0.3, -0.25) is 23.7 Å². The van der Waals surface area contributed by atoms with Gasteiger partial charge >= 0.3 is 19.7 Å². The largest absolute Gasteiger partial charge is 0.464 e. The highest BCUT2D eigenvalue weighted by molar-refractivity contribution is 7.54. The number of esters is 1. The van der Waals surface area contributed by atoms with Gasteiger partial charge in [-0.05, 0) is 61.1 Å². The summed E-state index contributed by atoms with van der Waals surface area (Å²) in [4.78, 5) is 56.4. The summed E-state index contributed by atoms with van der Waals surface area (Å²) >= 11 is 0. The molecule has 3 amide bonds. The van der Waals surface area contributed by atoms with Crippen molar-refractivity contribution in [2.75, 3.05) is 13.7 Å². The van der Waals surface area contributed by atoms with E-state index < -0.39 is 55.4 Å². The van der Waals surface area contributed by atoms with Gasteiger partial charge in [-0.2, -0.15) is 0 Å². The SMILES string of the molecule is COP(=O)(O[C@@H](Cc1ccccc1)C(=O)OCCCc1ccncc1)[C@H](Cc1ccccc1)NC(=O)[C@H](C)NC(=O)[C@H](C)NC(=O)OCc1ccccc1. The molecule has 4 aromatic rings. The Morgan fingerprint density at radius 3 is 1.80 bits per heavy atom. The second kappa shape index (κ2) is 21.4. The summed E-state index contributed by atoms with van der Waals surface area (Å²) in [7, 11) is -3.15. The lowest BCUT2D eigenvalue weighted by atomic mass is 10.1. The average Bonchev–Trinajstić information content (AvgIpc) is 3.19. The topological polar surface area (TPSA) is 171 Å². The molecule has 1 heterocycles. The van der Waals surface area contributed by atoms with Crippen molar-refractivity contribution in [3.05, 3.63) is 138 Å². The molecule has 0 fully saturated rings. The quantitative estimate of drug-likeness (QED) is 0.0592. The van der Waals surface area contributed by atoms with Gasteiger partial charge in [0.05, 0.1) is 6.61 Å². The summed E-state index contributed by atoms with van der Waals surface area (Å²) in [5.74, 6) is -3.38. The van der Waals surface area contributed by atoms with E-state index in [1.54, 1.807) is 73.1 Å². The molecule has 0 spiro atoms. The second-order valence-electron chi connectivity index (χ2n) is 12.5. The molecule has 0 bridgehead atoms. The molecule has 14 heteroatoms. The summed E-state index contributed by atoms with van der Waals surface area (Å²) < 4.78 is 37.1. The van der Waals surface area contributed by atoms with Crippen molar-refractivity contribution in [1.29, 1.82) is 0 Å². The maximum Gasteiger partial charge on any atom is 0.408 e. The van der Waals surface area contributed by atoms with E-state index in [-0.39, 0.29) is 26.1 Å². The normalized spacial score (nSPS) is 14.3. The molecule has 5 atom stereocenters. The summed E-state index contributed by atoms with van der Waals surface area (Å²) in [5, 5.41) is 7.73. The van der Waals surface area contributed by atoms with E-state index in [0.717, 1.165) is 16.7 Å². The number of amides is 3. The van der Waals surface area contributed by atoms with E-state index >= 15 is 0 Å². The Hall–Kier alpha value is -5.36. The molecule has 0 saturated carbocycles. The molecule has 0 aliphatic rings. The third-order valence-electron chi connectivity index (χ3n) is 8.31. The van der Waals surface area contributed by atoms with Crippen LogP contribution in [0.25, 0.3) is 0 Å². The van der Waals surface area contributed by atoms with Crippen LogP contribution < -0.4 is 16.0 Å². The zero-order valence-electron chi connectivity index (χ0n) is 30.6. The van der Waals surface area contributed by atoms with Gasteiger partial charge in [0.25, 0.3) is 0 Å². The molecule has 286 valence electrons. The molecule has 1 aromatic heterocycles. The van der Waals surface area contributed by atoms with Crippen LogP contribution >= 0.6 is 7.60 Å². The Labute approximate surface area is 315 Å². The van der Waals surface area contributed by atoms with Crippen LogP contribution in [0.15, 0.2) is 116 Å². The van der Waals surface area contributed by atoms with E-state index in [1.807, 2.05) is 42.5 Å². The Bertz CT molecular complexity index is 1820. The van der Waals surface area contributed by atoms with Gasteiger partial charge in [-0.15, -0.1) is 0 Å². The molecule has 0 aliphatic heterocycles. The van der Waals surface area contributed by atoms with Gasteiger partial charge in [0.2, 0.25) is 11.8 Å². The maximum atomic E-state index is 14.7. The number of hydrogen-bond donors (Lipinski definition) is 3. The number of nitrogens with zero attached hydrogens (tertiary/aromatic N) is 1. The van der Waals surface area contributed by atoms with Gasteiger partial charge in [-0.25, -0.2) is 9.59 Å². The zero-order valence-corrected chi connectivity index (χ0v) is 31.5. The molecule has 1 unspecified atom stereocenters. The van der Waals surface area contributed by atoms with Crippen molar-refractivity contribution >= 4 is 31.5 Å². The zero-order chi connectivity index (χ0) is 38.8. The minimum absolute atomic E-state index is 0.00259. The van der Waals surface area contributed by atoms with Crippen LogP contribution in [-0.4, -0.2) is 66.5 Å². The third kappa shape index (κ3) is 13.6. The molecule has 3 aromatic carbocycles. The molecule has 4 rings (SSSR count). The minimum atomic E-state index is -4.33.